The molecule has 11 nitrogen and oxygen atoms in total. The summed E-state index contributed by atoms with van der Waals surface area (Å²) >= 11 is 0. The van der Waals surface area contributed by atoms with Crippen LogP contribution in [0.5, 0.6) is 0 Å². The predicted octanol–water partition coefficient (Wildman–Crippen LogP) is 2.85. The number of nitrogens with one attached hydrogen (secondary N) is 1. The zero-order valence-electron chi connectivity index (χ0n) is 13.6. The number of nitrogens with zero attached hydrogens (tertiary/aromatic N) is 9. The highest BCUT2D eigenvalue weighted by Crippen LogP contribution is 2.21. The third kappa shape index (κ3) is 3.99. The Morgan fingerprint density at radius 3 is 2.85 bits per heavy atom. The minimum absolute atomic E-state index is 0.0202. The molecule has 1 aliphatic heterocycles. The zero-order valence-corrected chi connectivity index (χ0v) is 13.6. The molecule has 11 heteroatoms. The molecule has 0 radical (unpaired) electrons. The lowest BCUT2D eigenvalue weighted by atomic mass is 10.1. The summed E-state index contributed by atoms with van der Waals surface area (Å²) in [6.07, 6.45) is 1.60. The molecule has 1 aromatic heterocycles. The molecule has 3 rings (SSSR count). The SMILES string of the molecule is [N-]=[N+]=NCc1cc(N=[N+]=[N-])cc(C(=O)NC2CN(c3cccnn3)C2)c1. The first-order chi connectivity index (χ1) is 12.7. The summed E-state index contributed by atoms with van der Waals surface area (Å²) in [6.45, 7) is 1.33. The summed E-state index contributed by atoms with van der Waals surface area (Å²) < 4.78 is 0. The van der Waals surface area contributed by atoms with Gasteiger partial charge < -0.3 is 10.2 Å². The van der Waals surface area contributed by atoms with Gasteiger partial charge in [0.25, 0.3) is 5.91 Å². The van der Waals surface area contributed by atoms with Crippen LogP contribution >= 0.6 is 0 Å². The van der Waals surface area contributed by atoms with Crippen molar-refractivity contribution in [1.29, 1.82) is 0 Å². The van der Waals surface area contributed by atoms with E-state index in [0.29, 0.717) is 24.2 Å². The smallest absolute Gasteiger partial charge is 0.251 e. The van der Waals surface area contributed by atoms with E-state index in [1.807, 2.05) is 11.0 Å². The van der Waals surface area contributed by atoms with Gasteiger partial charge in [0, 0.05) is 40.4 Å². The van der Waals surface area contributed by atoms with Gasteiger partial charge in [0.05, 0.1) is 12.6 Å². The van der Waals surface area contributed by atoms with Gasteiger partial charge in [0.2, 0.25) is 0 Å². The number of azide groups is 2. The summed E-state index contributed by atoms with van der Waals surface area (Å²) in [6, 6.07) is 8.32. The van der Waals surface area contributed by atoms with Crippen molar-refractivity contribution in [2.24, 2.45) is 10.2 Å². The highest BCUT2D eigenvalue weighted by Gasteiger charge is 2.29. The van der Waals surface area contributed by atoms with Gasteiger partial charge in [0.1, 0.15) is 0 Å². The van der Waals surface area contributed by atoms with Crippen molar-refractivity contribution < 1.29 is 4.79 Å². The molecule has 1 N–H and O–H groups in total. The lowest BCUT2D eigenvalue weighted by Crippen LogP contribution is -2.59. The monoisotopic (exact) mass is 350 g/mol. The van der Waals surface area contributed by atoms with Crippen molar-refractivity contribution in [3.8, 4) is 0 Å². The van der Waals surface area contributed by atoms with Crippen molar-refractivity contribution in [1.82, 2.24) is 15.5 Å². The first kappa shape index (κ1) is 17.0. The maximum Gasteiger partial charge on any atom is 0.251 e. The second kappa shape index (κ2) is 7.84. The van der Waals surface area contributed by atoms with E-state index in [-0.39, 0.29) is 24.2 Å². The van der Waals surface area contributed by atoms with Gasteiger partial charge in [-0.15, -0.1) is 5.10 Å². The maximum absolute atomic E-state index is 12.5. The van der Waals surface area contributed by atoms with Crippen molar-refractivity contribution in [2.75, 3.05) is 18.0 Å². The van der Waals surface area contributed by atoms with Gasteiger partial charge in [-0.1, -0.05) is 10.2 Å². The van der Waals surface area contributed by atoms with E-state index in [1.165, 1.54) is 6.07 Å². The molecule has 1 aromatic carbocycles. The Balaban J connectivity index is 1.67. The fraction of sp³-hybridized carbons (Fsp3) is 0.267. The number of hydrogen-bond acceptors (Lipinski definition) is 6. The number of amides is 1. The molecule has 1 saturated heterocycles. The number of rotatable bonds is 6. The number of benzene rings is 1. The van der Waals surface area contributed by atoms with Gasteiger partial charge in [-0.25, -0.2) is 0 Å². The predicted molar refractivity (Wildman–Crippen MR) is 93.6 cm³/mol. The van der Waals surface area contributed by atoms with Crippen LogP contribution in [-0.4, -0.2) is 35.2 Å². The highest BCUT2D eigenvalue weighted by molar-refractivity contribution is 5.95. The van der Waals surface area contributed by atoms with Crippen LogP contribution in [0.2, 0.25) is 0 Å². The molecule has 1 aliphatic rings. The largest absolute Gasteiger partial charge is 0.351 e. The quantitative estimate of drug-likeness (QED) is 0.483. The van der Waals surface area contributed by atoms with Crippen LogP contribution in [-0.2, 0) is 6.54 Å². The minimum Gasteiger partial charge on any atom is -0.351 e. The molecule has 0 saturated carbocycles. The molecule has 2 heterocycles. The van der Waals surface area contributed by atoms with E-state index in [2.05, 4.69) is 35.6 Å². The second-order valence-electron chi connectivity index (χ2n) is 5.62. The number of anilines is 1. The molecular formula is C15H14N10O. The van der Waals surface area contributed by atoms with Crippen LogP contribution in [0, 0.1) is 0 Å². The van der Waals surface area contributed by atoms with Crippen molar-refractivity contribution in [3.63, 3.8) is 0 Å². The average Bonchev–Trinajstić information content (AvgIpc) is 2.63. The van der Waals surface area contributed by atoms with Gasteiger partial charge >= 0.3 is 0 Å². The summed E-state index contributed by atoms with van der Waals surface area (Å²) in [5, 5.41) is 17.8. The Bertz CT molecular complexity index is 896. The zero-order chi connectivity index (χ0) is 18.4. The highest BCUT2D eigenvalue weighted by atomic mass is 16.1. The maximum atomic E-state index is 12.5. The minimum atomic E-state index is -0.286. The Hall–Kier alpha value is -3.81. The third-order valence-corrected chi connectivity index (χ3v) is 3.82. The molecule has 1 fully saturated rings. The van der Waals surface area contributed by atoms with Gasteiger partial charge in [0.15, 0.2) is 5.82 Å². The van der Waals surface area contributed by atoms with Crippen molar-refractivity contribution in [2.45, 2.75) is 12.6 Å². The molecule has 26 heavy (non-hydrogen) atoms. The van der Waals surface area contributed by atoms with E-state index in [1.54, 1.807) is 24.4 Å². The summed E-state index contributed by atoms with van der Waals surface area (Å²) in [5.41, 5.74) is 18.3. The van der Waals surface area contributed by atoms with Crippen LogP contribution < -0.4 is 10.2 Å². The summed E-state index contributed by atoms with van der Waals surface area (Å²) in [4.78, 5) is 19.9. The molecule has 2 aromatic rings. The normalized spacial score (nSPS) is 13.2. The lowest BCUT2D eigenvalue weighted by Gasteiger charge is -2.40. The number of aromatic nitrogens is 2. The molecule has 0 atom stereocenters. The van der Waals surface area contributed by atoms with E-state index < -0.39 is 0 Å². The van der Waals surface area contributed by atoms with Gasteiger partial charge in [-0.2, -0.15) is 5.10 Å². The van der Waals surface area contributed by atoms with Crippen molar-refractivity contribution >= 4 is 17.4 Å². The molecule has 130 valence electrons. The first-order valence-corrected chi connectivity index (χ1v) is 7.73. The fourth-order valence-electron chi connectivity index (χ4n) is 2.61. The molecule has 0 unspecified atom stereocenters. The van der Waals surface area contributed by atoms with E-state index in [9.17, 15) is 4.79 Å². The molecular weight excluding hydrogens is 336 g/mol. The lowest BCUT2D eigenvalue weighted by molar-refractivity contribution is 0.0930. The topological polar surface area (TPSA) is 156 Å². The number of carbonyl (C=O) groups excluding carboxylic acids is 1. The van der Waals surface area contributed by atoms with Gasteiger partial charge in [-0.05, 0) is 47.0 Å². The van der Waals surface area contributed by atoms with E-state index >= 15 is 0 Å². The van der Waals surface area contributed by atoms with Crippen LogP contribution in [0.1, 0.15) is 15.9 Å². The average molecular weight is 350 g/mol. The number of hydrogen-bond donors (Lipinski definition) is 1. The molecule has 0 spiro atoms. The van der Waals surface area contributed by atoms with Crippen LogP contribution in [0.15, 0.2) is 46.8 Å². The standard InChI is InChI=1S/C15H14N10O/c16-23-19-7-10-4-11(6-12(5-10)21-24-17)15(26)20-13-8-25(9-13)14-2-1-3-18-22-14/h1-6,13H,7-9H2,(H,20,26). The first-order valence-electron chi connectivity index (χ1n) is 7.73. The second-order valence-corrected chi connectivity index (χ2v) is 5.62. The fourth-order valence-corrected chi connectivity index (χ4v) is 2.61. The van der Waals surface area contributed by atoms with Crippen LogP contribution in [0.25, 0.3) is 20.9 Å². The summed E-state index contributed by atoms with van der Waals surface area (Å²) in [5.74, 6) is 0.478. The summed E-state index contributed by atoms with van der Waals surface area (Å²) in [7, 11) is 0. The van der Waals surface area contributed by atoms with Crippen LogP contribution in [0.4, 0.5) is 11.5 Å². The van der Waals surface area contributed by atoms with Crippen molar-refractivity contribution in [3.05, 3.63) is 68.5 Å². The molecule has 0 bridgehead atoms. The number of carbonyl (C=O) groups is 1. The molecule has 0 aliphatic carbocycles. The van der Waals surface area contributed by atoms with E-state index in [4.69, 9.17) is 11.1 Å². The van der Waals surface area contributed by atoms with Crippen LogP contribution in [0.3, 0.4) is 0 Å². The third-order valence-electron chi connectivity index (χ3n) is 3.82. The Morgan fingerprint density at radius 2 is 2.15 bits per heavy atom. The Kier molecular flexibility index (Phi) is 5.14. The van der Waals surface area contributed by atoms with Gasteiger partial charge in [-0.3, -0.25) is 4.79 Å². The Morgan fingerprint density at radius 1 is 1.31 bits per heavy atom. The molecule has 1 amide bonds. The Labute approximate surface area is 147 Å². The van der Waals surface area contributed by atoms with E-state index in [0.717, 1.165) is 5.82 Å².